The summed E-state index contributed by atoms with van der Waals surface area (Å²) in [5, 5.41) is 11.3. The molecule has 14 aromatic rings. The summed E-state index contributed by atoms with van der Waals surface area (Å²) >= 11 is 0. The van der Waals surface area contributed by atoms with E-state index in [0.717, 1.165) is 105 Å². The first kappa shape index (κ1) is 31.1. The number of hydrogen-bond acceptors (Lipinski definition) is 3. The van der Waals surface area contributed by atoms with E-state index in [0.29, 0.717) is 0 Å². The third-order valence-electron chi connectivity index (χ3n) is 12.5. The van der Waals surface area contributed by atoms with Crippen LogP contribution in [-0.4, -0.2) is 9.13 Å². The molecule has 0 saturated heterocycles. The molecule has 0 fully saturated rings. The number of hydrogen-bond donors (Lipinski definition) is 0. The van der Waals surface area contributed by atoms with Crippen LogP contribution in [0.5, 0.6) is 0 Å². The van der Waals surface area contributed by atoms with Crippen molar-refractivity contribution in [2.24, 2.45) is 0 Å². The Morgan fingerprint density at radius 1 is 0.288 bits per heavy atom. The Hall–Kier alpha value is -8.02. The summed E-state index contributed by atoms with van der Waals surface area (Å²) in [4.78, 5) is 0. The van der Waals surface area contributed by atoms with Gasteiger partial charge in [-0.25, -0.2) is 0 Å². The monoisotopic (exact) mass is 754 g/mol. The SMILES string of the molecule is c1ccc(-n2c3ccccc3c3cc4c5ccccc5n(-c5cccc6c5oc5ccc7oc8cc(-c9ccc%10c(c9)oc9ccccc9%10)ccc8c7c56)c4cc32)cc1. The van der Waals surface area contributed by atoms with Crippen LogP contribution in [-0.2, 0) is 0 Å². The topological polar surface area (TPSA) is 49.3 Å². The second kappa shape index (κ2) is 11.3. The zero-order valence-corrected chi connectivity index (χ0v) is 31.4. The Morgan fingerprint density at radius 2 is 0.847 bits per heavy atom. The van der Waals surface area contributed by atoms with E-state index < -0.39 is 0 Å². The van der Waals surface area contributed by atoms with Crippen molar-refractivity contribution in [3.05, 3.63) is 182 Å². The second-order valence-electron chi connectivity index (χ2n) is 15.6. The van der Waals surface area contributed by atoms with Gasteiger partial charge in [0.1, 0.15) is 27.9 Å². The minimum Gasteiger partial charge on any atom is -0.456 e. The van der Waals surface area contributed by atoms with Gasteiger partial charge in [0.25, 0.3) is 0 Å². The zero-order chi connectivity index (χ0) is 38.3. The fraction of sp³-hybridized carbons (Fsp3) is 0. The van der Waals surface area contributed by atoms with Crippen molar-refractivity contribution in [3.8, 4) is 22.5 Å². The smallest absolute Gasteiger partial charge is 0.159 e. The molecule has 0 aliphatic heterocycles. The molecule has 0 saturated carbocycles. The molecule has 0 N–H and O–H groups in total. The van der Waals surface area contributed by atoms with E-state index in [4.69, 9.17) is 13.3 Å². The molecule has 0 spiro atoms. The molecule has 0 aliphatic carbocycles. The Labute approximate surface area is 335 Å². The lowest BCUT2D eigenvalue weighted by atomic mass is 10.0. The lowest BCUT2D eigenvalue weighted by molar-refractivity contribution is 0.661. The molecule has 5 heteroatoms. The lowest BCUT2D eigenvalue weighted by Gasteiger charge is -2.10. The molecule has 0 bridgehead atoms. The maximum atomic E-state index is 6.94. The Kier molecular flexibility index (Phi) is 5.96. The van der Waals surface area contributed by atoms with Gasteiger partial charge in [0.15, 0.2) is 5.58 Å². The molecule has 0 aliphatic rings. The normalized spacial score (nSPS) is 12.4. The highest BCUT2D eigenvalue weighted by Crippen LogP contribution is 2.45. The minimum atomic E-state index is 0.828. The Bertz CT molecular complexity index is 4080. The summed E-state index contributed by atoms with van der Waals surface area (Å²) in [5.74, 6) is 0. The molecular weight excluding hydrogens is 725 g/mol. The van der Waals surface area contributed by atoms with Gasteiger partial charge in [-0.3, -0.25) is 0 Å². The standard InChI is InChI=1S/C54H30N2O3/c1-2-11-33(12-3-1)55-42-17-7-4-13-34(42)40-29-41-35-14-5-8-18-43(35)56(46(41)30-45(40)55)44-19-10-16-39-53-49(59-54(39)44)26-25-48-52(53)38-24-22-32(28-51(38)58-48)31-21-23-37-36-15-6-9-20-47(36)57-50(37)27-31/h1-30H. The molecule has 59 heavy (non-hydrogen) atoms. The van der Waals surface area contributed by atoms with Crippen molar-refractivity contribution in [1.29, 1.82) is 0 Å². The van der Waals surface area contributed by atoms with E-state index in [1.165, 1.54) is 27.1 Å². The Balaban J connectivity index is 0.996. The molecule has 0 radical (unpaired) electrons. The molecule has 5 heterocycles. The van der Waals surface area contributed by atoms with Gasteiger partial charge in [-0.15, -0.1) is 0 Å². The highest BCUT2D eigenvalue weighted by atomic mass is 16.3. The van der Waals surface area contributed by atoms with Crippen LogP contribution in [0.25, 0.3) is 132 Å². The number of rotatable bonds is 3. The van der Waals surface area contributed by atoms with Gasteiger partial charge in [-0.1, -0.05) is 97.1 Å². The van der Waals surface area contributed by atoms with Crippen molar-refractivity contribution in [2.75, 3.05) is 0 Å². The summed E-state index contributed by atoms with van der Waals surface area (Å²) in [6.45, 7) is 0. The first-order valence-corrected chi connectivity index (χ1v) is 20.0. The van der Waals surface area contributed by atoms with E-state index >= 15 is 0 Å². The first-order valence-electron chi connectivity index (χ1n) is 20.0. The van der Waals surface area contributed by atoms with Crippen LogP contribution in [0.3, 0.4) is 0 Å². The summed E-state index contributed by atoms with van der Waals surface area (Å²) in [6, 6.07) is 64.6. The van der Waals surface area contributed by atoms with Gasteiger partial charge in [0.05, 0.1) is 27.8 Å². The fourth-order valence-corrected chi connectivity index (χ4v) is 9.95. The molecule has 274 valence electrons. The van der Waals surface area contributed by atoms with Crippen molar-refractivity contribution in [3.63, 3.8) is 0 Å². The molecule has 5 nitrogen and oxygen atoms in total. The maximum absolute atomic E-state index is 6.94. The summed E-state index contributed by atoms with van der Waals surface area (Å²) < 4.78 is 24.6. The summed E-state index contributed by atoms with van der Waals surface area (Å²) in [5.41, 5.74) is 14.0. The largest absolute Gasteiger partial charge is 0.456 e. The van der Waals surface area contributed by atoms with Crippen LogP contribution in [0.4, 0.5) is 0 Å². The predicted molar refractivity (Wildman–Crippen MR) is 242 cm³/mol. The molecule has 5 aromatic heterocycles. The van der Waals surface area contributed by atoms with E-state index in [9.17, 15) is 0 Å². The van der Waals surface area contributed by atoms with Gasteiger partial charge < -0.3 is 22.4 Å². The molecule has 0 amide bonds. The number of fused-ring (bicyclic) bond motifs is 16. The van der Waals surface area contributed by atoms with Gasteiger partial charge in [-0.2, -0.15) is 0 Å². The highest BCUT2D eigenvalue weighted by Gasteiger charge is 2.23. The van der Waals surface area contributed by atoms with Crippen LogP contribution in [0, 0.1) is 0 Å². The third-order valence-corrected chi connectivity index (χ3v) is 12.5. The average Bonchev–Trinajstić information content (AvgIpc) is 4.09. The van der Waals surface area contributed by atoms with Crippen LogP contribution >= 0.6 is 0 Å². The fourth-order valence-electron chi connectivity index (χ4n) is 9.95. The van der Waals surface area contributed by atoms with Crippen molar-refractivity contribution in [2.45, 2.75) is 0 Å². The first-order chi connectivity index (χ1) is 29.2. The van der Waals surface area contributed by atoms with E-state index in [1.54, 1.807) is 0 Å². The highest BCUT2D eigenvalue weighted by molar-refractivity contribution is 6.27. The number of aromatic nitrogens is 2. The molecule has 0 atom stereocenters. The third kappa shape index (κ3) is 4.18. The Morgan fingerprint density at radius 3 is 1.63 bits per heavy atom. The maximum Gasteiger partial charge on any atom is 0.159 e. The minimum absolute atomic E-state index is 0.828. The predicted octanol–water partition coefficient (Wildman–Crippen LogP) is 15.2. The average molecular weight is 755 g/mol. The van der Waals surface area contributed by atoms with Crippen LogP contribution < -0.4 is 0 Å². The van der Waals surface area contributed by atoms with Crippen molar-refractivity contribution < 1.29 is 13.3 Å². The molecule has 14 rings (SSSR count). The number of nitrogens with zero attached hydrogens (tertiary/aromatic N) is 2. The summed E-state index contributed by atoms with van der Waals surface area (Å²) in [7, 11) is 0. The lowest BCUT2D eigenvalue weighted by Crippen LogP contribution is -1.96. The molecule has 0 unspecified atom stereocenters. The molecule has 9 aromatic carbocycles. The van der Waals surface area contributed by atoms with Crippen LogP contribution in [0.15, 0.2) is 195 Å². The van der Waals surface area contributed by atoms with Crippen LogP contribution in [0.2, 0.25) is 0 Å². The number of benzene rings is 9. The van der Waals surface area contributed by atoms with Gasteiger partial charge in [0.2, 0.25) is 0 Å². The quantitative estimate of drug-likeness (QED) is 0.180. The second-order valence-corrected chi connectivity index (χ2v) is 15.6. The van der Waals surface area contributed by atoms with Crippen molar-refractivity contribution in [1.82, 2.24) is 9.13 Å². The van der Waals surface area contributed by atoms with E-state index in [-0.39, 0.29) is 0 Å². The number of furan rings is 3. The van der Waals surface area contributed by atoms with Gasteiger partial charge >= 0.3 is 0 Å². The van der Waals surface area contributed by atoms with E-state index in [1.807, 2.05) is 24.3 Å². The van der Waals surface area contributed by atoms with Crippen LogP contribution in [0.1, 0.15) is 0 Å². The summed E-state index contributed by atoms with van der Waals surface area (Å²) in [6.07, 6.45) is 0. The van der Waals surface area contributed by atoms with Gasteiger partial charge in [0, 0.05) is 59.5 Å². The van der Waals surface area contributed by atoms with Gasteiger partial charge in [-0.05, 0) is 96.1 Å². The van der Waals surface area contributed by atoms with Crippen molar-refractivity contribution >= 4 is 109 Å². The van der Waals surface area contributed by atoms with E-state index in [2.05, 4.69) is 167 Å². The number of para-hydroxylation sites is 5. The zero-order valence-electron chi connectivity index (χ0n) is 31.4. The molecular formula is C54H30N2O3.